The highest BCUT2D eigenvalue weighted by atomic mass is 35.5. The molecular weight excluding hydrogens is 378 g/mol. The van der Waals surface area contributed by atoms with E-state index in [1.165, 1.54) is 11.3 Å². The lowest BCUT2D eigenvalue weighted by atomic mass is 10.1. The zero-order valence-electron chi connectivity index (χ0n) is 14.9. The summed E-state index contributed by atoms with van der Waals surface area (Å²) in [5.41, 5.74) is 0.877. The van der Waals surface area contributed by atoms with Gasteiger partial charge in [0, 0.05) is 38.0 Å². The van der Waals surface area contributed by atoms with Gasteiger partial charge in [-0.25, -0.2) is 0 Å². The summed E-state index contributed by atoms with van der Waals surface area (Å²) in [5, 5.41) is 23.6. The maximum Gasteiger partial charge on any atom is 0.262 e. The number of thiophene rings is 1. The molecule has 144 valence electrons. The Hall–Kier alpha value is -1.68. The standard InChI is InChI=1S/C16H23N5O3S.ClH/c1-8-11-4-13(25-16(11)21(3)20-8)15(24)19-9(2)14(23)18-6-10-5-17-7-12(10)22;/h4,9-10,12,17,22H,5-7H2,1-3H3,(H,18,23)(H,19,24);1H. The molecule has 3 atom stereocenters. The van der Waals surface area contributed by atoms with Gasteiger partial charge in [0.15, 0.2) is 0 Å². The molecule has 1 saturated heterocycles. The summed E-state index contributed by atoms with van der Waals surface area (Å²) in [5.74, 6) is -0.526. The minimum Gasteiger partial charge on any atom is -0.391 e. The van der Waals surface area contributed by atoms with Crippen molar-refractivity contribution in [1.29, 1.82) is 0 Å². The Morgan fingerprint density at radius 1 is 1.50 bits per heavy atom. The van der Waals surface area contributed by atoms with Crippen LogP contribution in [0.1, 0.15) is 22.3 Å². The summed E-state index contributed by atoms with van der Waals surface area (Å²) in [6.07, 6.45) is -0.444. The lowest BCUT2D eigenvalue weighted by molar-refractivity contribution is -0.122. The molecule has 3 rings (SSSR count). The number of nitrogens with one attached hydrogen (secondary N) is 3. The number of aliphatic hydroxyl groups excluding tert-OH is 1. The number of carbonyl (C=O) groups is 2. The largest absolute Gasteiger partial charge is 0.391 e. The van der Waals surface area contributed by atoms with Crippen LogP contribution < -0.4 is 16.0 Å². The lowest BCUT2D eigenvalue weighted by Crippen LogP contribution is -2.46. The molecule has 0 bridgehead atoms. The highest BCUT2D eigenvalue weighted by Crippen LogP contribution is 2.27. The molecule has 8 nitrogen and oxygen atoms in total. The first-order valence-corrected chi connectivity index (χ1v) is 9.09. The number of nitrogens with zero attached hydrogens (tertiary/aromatic N) is 2. The quantitative estimate of drug-likeness (QED) is 0.571. The average molecular weight is 402 g/mol. The molecule has 10 heteroatoms. The van der Waals surface area contributed by atoms with E-state index >= 15 is 0 Å². The van der Waals surface area contributed by atoms with E-state index in [0.29, 0.717) is 24.5 Å². The summed E-state index contributed by atoms with van der Waals surface area (Å²) in [6.45, 7) is 5.17. The number of aryl methyl sites for hydroxylation is 2. The number of β-amino-alcohol motifs (C(OH)–C–C–N with tert-alkyl or cyclic N) is 1. The number of aliphatic hydroxyl groups is 1. The van der Waals surface area contributed by atoms with Crippen molar-refractivity contribution in [2.75, 3.05) is 19.6 Å². The number of amides is 2. The minimum atomic E-state index is -0.650. The number of hydrogen-bond acceptors (Lipinski definition) is 6. The van der Waals surface area contributed by atoms with Crippen LogP contribution in [0, 0.1) is 12.8 Å². The van der Waals surface area contributed by atoms with E-state index in [1.807, 2.05) is 20.0 Å². The van der Waals surface area contributed by atoms with Crippen LogP contribution in [0.25, 0.3) is 10.2 Å². The van der Waals surface area contributed by atoms with Crippen LogP contribution in [-0.2, 0) is 11.8 Å². The summed E-state index contributed by atoms with van der Waals surface area (Å²) in [7, 11) is 1.84. The third kappa shape index (κ3) is 4.17. The van der Waals surface area contributed by atoms with Gasteiger partial charge in [-0.1, -0.05) is 0 Å². The van der Waals surface area contributed by atoms with Crippen molar-refractivity contribution in [3.05, 3.63) is 16.6 Å². The number of rotatable bonds is 5. The van der Waals surface area contributed by atoms with Gasteiger partial charge in [-0.2, -0.15) is 5.10 Å². The normalized spacial score (nSPS) is 20.6. The number of aromatic nitrogens is 2. The van der Waals surface area contributed by atoms with Gasteiger partial charge in [0.25, 0.3) is 5.91 Å². The predicted molar refractivity (Wildman–Crippen MR) is 103 cm³/mol. The first-order valence-electron chi connectivity index (χ1n) is 8.27. The minimum absolute atomic E-state index is 0. The first-order chi connectivity index (χ1) is 11.9. The second-order valence-electron chi connectivity index (χ2n) is 6.46. The summed E-state index contributed by atoms with van der Waals surface area (Å²) in [4.78, 5) is 26.1. The summed E-state index contributed by atoms with van der Waals surface area (Å²) >= 11 is 1.36. The molecule has 26 heavy (non-hydrogen) atoms. The summed E-state index contributed by atoms with van der Waals surface area (Å²) in [6, 6.07) is 1.16. The van der Waals surface area contributed by atoms with Crippen molar-refractivity contribution >= 4 is 45.8 Å². The third-order valence-corrected chi connectivity index (χ3v) is 5.70. The molecule has 3 unspecified atom stereocenters. The van der Waals surface area contributed by atoms with Gasteiger partial charge in [-0.3, -0.25) is 14.3 Å². The lowest BCUT2D eigenvalue weighted by Gasteiger charge is -2.17. The molecule has 0 radical (unpaired) electrons. The van der Waals surface area contributed by atoms with Crippen LogP contribution in [-0.4, -0.2) is 58.5 Å². The van der Waals surface area contributed by atoms with E-state index < -0.39 is 12.1 Å². The van der Waals surface area contributed by atoms with E-state index in [-0.39, 0.29) is 30.1 Å². The van der Waals surface area contributed by atoms with Crippen molar-refractivity contribution in [2.24, 2.45) is 13.0 Å². The molecule has 1 aliphatic rings. The van der Waals surface area contributed by atoms with Gasteiger partial charge in [0.05, 0.1) is 16.7 Å². The molecule has 2 aromatic heterocycles. The number of halogens is 1. The van der Waals surface area contributed by atoms with Gasteiger partial charge in [0.2, 0.25) is 5.91 Å². The second kappa shape index (κ2) is 8.34. The highest BCUT2D eigenvalue weighted by molar-refractivity contribution is 7.20. The predicted octanol–water partition coefficient (Wildman–Crippen LogP) is 0.180. The fourth-order valence-corrected chi connectivity index (χ4v) is 3.99. The van der Waals surface area contributed by atoms with Crippen molar-refractivity contribution in [2.45, 2.75) is 26.0 Å². The SMILES string of the molecule is Cc1nn(C)c2sc(C(=O)NC(C)C(=O)NCC3CNCC3O)cc12.Cl. The summed E-state index contributed by atoms with van der Waals surface area (Å²) < 4.78 is 1.75. The molecule has 0 aliphatic carbocycles. The Morgan fingerprint density at radius 3 is 2.85 bits per heavy atom. The monoisotopic (exact) mass is 401 g/mol. The van der Waals surface area contributed by atoms with Crippen LogP contribution in [0.3, 0.4) is 0 Å². The molecule has 0 aromatic carbocycles. The van der Waals surface area contributed by atoms with Gasteiger partial charge in [-0.05, 0) is 19.9 Å². The highest BCUT2D eigenvalue weighted by Gasteiger charge is 2.26. The van der Waals surface area contributed by atoms with Crippen LogP contribution in [0.15, 0.2) is 6.07 Å². The van der Waals surface area contributed by atoms with E-state index in [4.69, 9.17) is 0 Å². The Bertz CT molecular complexity index is 771. The van der Waals surface area contributed by atoms with Gasteiger partial charge in [0.1, 0.15) is 10.9 Å². The van der Waals surface area contributed by atoms with Gasteiger partial charge < -0.3 is 21.1 Å². The maximum atomic E-state index is 12.4. The van der Waals surface area contributed by atoms with E-state index in [2.05, 4.69) is 21.0 Å². The average Bonchev–Trinajstić information content (AvgIpc) is 3.24. The molecular formula is C16H24ClN5O3S. The van der Waals surface area contributed by atoms with Crippen LogP contribution in [0.5, 0.6) is 0 Å². The topological polar surface area (TPSA) is 108 Å². The van der Waals surface area contributed by atoms with Gasteiger partial charge >= 0.3 is 0 Å². The molecule has 3 heterocycles. The van der Waals surface area contributed by atoms with E-state index in [1.54, 1.807) is 11.6 Å². The zero-order chi connectivity index (χ0) is 18.1. The molecule has 2 amide bonds. The molecule has 2 aromatic rings. The Kier molecular flexibility index (Phi) is 6.62. The van der Waals surface area contributed by atoms with Crippen molar-refractivity contribution in [3.63, 3.8) is 0 Å². The number of fused-ring (bicyclic) bond motifs is 1. The number of hydrogen-bond donors (Lipinski definition) is 4. The van der Waals surface area contributed by atoms with Crippen molar-refractivity contribution < 1.29 is 14.7 Å². The second-order valence-corrected chi connectivity index (χ2v) is 7.50. The molecule has 0 saturated carbocycles. The van der Waals surface area contributed by atoms with E-state index in [0.717, 1.165) is 15.9 Å². The fourth-order valence-electron chi connectivity index (χ4n) is 2.96. The molecule has 1 fully saturated rings. The Labute approximate surface area is 161 Å². The molecule has 1 aliphatic heterocycles. The molecule has 0 spiro atoms. The van der Waals surface area contributed by atoms with Crippen LogP contribution in [0.2, 0.25) is 0 Å². The van der Waals surface area contributed by atoms with Crippen molar-refractivity contribution in [3.8, 4) is 0 Å². The third-order valence-electron chi connectivity index (χ3n) is 4.50. The Balaban J connectivity index is 0.00000243. The van der Waals surface area contributed by atoms with Crippen LogP contribution in [0.4, 0.5) is 0 Å². The van der Waals surface area contributed by atoms with Crippen molar-refractivity contribution in [1.82, 2.24) is 25.7 Å². The molecule has 4 N–H and O–H groups in total. The van der Waals surface area contributed by atoms with E-state index in [9.17, 15) is 14.7 Å². The Morgan fingerprint density at radius 2 is 2.23 bits per heavy atom. The maximum absolute atomic E-state index is 12.4. The first kappa shape index (κ1) is 20.6. The zero-order valence-corrected chi connectivity index (χ0v) is 16.5. The smallest absolute Gasteiger partial charge is 0.262 e. The number of carbonyl (C=O) groups excluding carboxylic acids is 2. The fraction of sp³-hybridized carbons (Fsp3) is 0.562. The van der Waals surface area contributed by atoms with Crippen LogP contribution >= 0.6 is 23.7 Å². The van der Waals surface area contributed by atoms with Gasteiger partial charge in [-0.15, -0.1) is 23.7 Å².